The van der Waals surface area contributed by atoms with Crippen molar-refractivity contribution >= 4 is 23.5 Å². The van der Waals surface area contributed by atoms with E-state index in [2.05, 4.69) is 9.97 Å². The fraction of sp³-hybridized carbons (Fsp3) is 0.600. The zero-order valence-corrected chi connectivity index (χ0v) is 14.4. The Hall–Kier alpha value is -1.77. The summed E-state index contributed by atoms with van der Waals surface area (Å²) in [4.78, 5) is 34.9. The van der Waals surface area contributed by atoms with Gasteiger partial charge in [-0.25, -0.2) is 9.97 Å². The van der Waals surface area contributed by atoms with Gasteiger partial charge in [0.15, 0.2) is 6.29 Å². The molecule has 8 nitrogen and oxygen atoms in total. The SMILES string of the molecule is COC(=O)C1(c2nc(C)nc(Cl)c2C2OCCO2)CC(=O)N(C)C1. The molecule has 1 unspecified atom stereocenters. The minimum absolute atomic E-state index is 0.0529. The van der Waals surface area contributed by atoms with Gasteiger partial charge in [-0.1, -0.05) is 11.6 Å². The molecule has 2 aliphatic rings. The molecule has 0 saturated carbocycles. The number of nitrogens with zero attached hydrogens (tertiary/aromatic N) is 3. The summed E-state index contributed by atoms with van der Waals surface area (Å²) in [5.74, 6) is -0.331. The first kappa shape index (κ1) is 17.1. The summed E-state index contributed by atoms with van der Waals surface area (Å²) in [5, 5.41) is 0.148. The lowest BCUT2D eigenvalue weighted by Gasteiger charge is -2.28. The summed E-state index contributed by atoms with van der Waals surface area (Å²) in [6.45, 7) is 2.61. The van der Waals surface area contributed by atoms with Gasteiger partial charge in [0.2, 0.25) is 5.91 Å². The number of aromatic nitrogens is 2. The molecular formula is C15H18ClN3O5. The summed E-state index contributed by atoms with van der Waals surface area (Å²) in [6.07, 6.45) is -0.821. The van der Waals surface area contributed by atoms with Gasteiger partial charge in [0, 0.05) is 13.6 Å². The van der Waals surface area contributed by atoms with Crippen molar-refractivity contribution in [2.24, 2.45) is 0 Å². The Bertz CT molecular complexity index is 692. The number of halogens is 1. The maximum Gasteiger partial charge on any atom is 0.320 e. The number of aryl methyl sites for hydroxylation is 1. The summed E-state index contributed by atoms with van der Waals surface area (Å²) in [6, 6.07) is 0. The minimum atomic E-state index is -1.26. The number of ether oxygens (including phenoxy) is 3. The molecule has 0 radical (unpaired) electrons. The predicted molar refractivity (Wildman–Crippen MR) is 82.4 cm³/mol. The molecule has 3 heterocycles. The Labute approximate surface area is 144 Å². The van der Waals surface area contributed by atoms with E-state index in [0.29, 0.717) is 30.3 Å². The lowest BCUT2D eigenvalue weighted by atomic mass is 9.80. The number of likely N-dealkylation sites (N-methyl/N-ethyl adjacent to an activating group) is 1. The van der Waals surface area contributed by atoms with Gasteiger partial charge in [-0.05, 0) is 6.92 Å². The Kier molecular flexibility index (Phi) is 4.46. The fourth-order valence-corrected chi connectivity index (χ4v) is 3.48. The Morgan fingerprint density at radius 2 is 2.04 bits per heavy atom. The van der Waals surface area contributed by atoms with Crippen molar-refractivity contribution in [3.8, 4) is 0 Å². The Balaban J connectivity index is 2.21. The summed E-state index contributed by atoms with van der Waals surface area (Å²) in [7, 11) is 2.91. The molecule has 1 aromatic rings. The van der Waals surface area contributed by atoms with Gasteiger partial charge in [-0.2, -0.15) is 0 Å². The smallest absolute Gasteiger partial charge is 0.320 e. The molecule has 0 aromatic carbocycles. The number of carbonyl (C=O) groups is 2. The van der Waals surface area contributed by atoms with Gasteiger partial charge in [0.05, 0.1) is 38.0 Å². The molecule has 1 aromatic heterocycles. The van der Waals surface area contributed by atoms with E-state index in [1.54, 1.807) is 14.0 Å². The first-order valence-corrected chi connectivity index (χ1v) is 7.87. The molecule has 0 N–H and O–H groups in total. The highest BCUT2D eigenvalue weighted by molar-refractivity contribution is 6.30. The van der Waals surface area contributed by atoms with Gasteiger partial charge in [0.1, 0.15) is 16.4 Å². The van der Waals surface area contributed by atoms with Gasteiger partial charge < -0.3 is 19.1 Å². The quantitative estimate of drug-likeness (QED) is 0.583. The number of hydrogen-bond acceptors (Lipinski definition) is 7. The van der Waals surface area contributed by atoms with Crippen LogP contribution in [-0.4, -0.2) is 60.7 Å². The second kappa shape index (κ2) is 6.27. The molecule has 130 valence electrons. The number of likely N-dealkylation sites (tertiary alicyclic amines) is 1. The van der Waals surface area contributed by atoms with Crippen molar-refractivity contribution in [1.29, 1.82) is 0 Å². The van der Waals surface area contributed by atoms with E-state index in [1.165, 1.54) is 12.0 Å². The second-order valence-corrected chi connectivity index (χ2v) is 6.26. The summed E-state index contributed by atoms with van der Waals surface area (Å²) >= 11 is 6.31. The number of rotatable bonds is 3. The van der Waals surface area contributed by atoms with E-state index in [0.717, 1.165) is 0 Å². The summed E-state index contributed by atoms with van der Waals surface area (Å²) < 4.78 is 16.1. The van der Waals surface area contributed by atoms with Crippen LogP contribution in [0.15, 0.2) is 0 Å². The van der Waals surface area contributed by atoms with Crippen LogP contribution in [0, 0.1) is 6.92 Å². The van der Waals surface area contributed by atoms with E-state index in [9.17, 15) is 9.59 Å². The van der Waals surface area contributed by atoms with Gasteiger partial charge >= 0.3 is 5.97 Å². The normalized spacial score (nSPS) is 24.7. The van der Waals surface area contributed by atoms with Gasteiger partial charge in [-0.15, -0.1) is 0 Å². The Morgan fingerprint density at radius 3 is 2.58 bits per heavy atom. The first-order chi connectivity index (χ1) is 11.4. The lowest BCUT2D eigenvalue weighted by Crippen LogP contribution is -2.41. The van der Waals surface area contributed by atoms with E-state index in [4.69, 9.17) is 25.8 Å². The summed E-state index contributed by atoms with van der Waals surface area (Å²) in [5.41, 5.74) is -0.549. The van der Waals surface area contributed by atoms with Crippen LogP contribution in [0.5, 0.6) is 0 Å². The van der Waals surface area contributed by atoms with Crippen LogP contribution in [0.1, 0.15) is 29.8 Å². The molecule has 0 bridgehead atoms. The average Bonchev–Trinajstić information content (AvgIpc) is 3.15. The van der Waals surface area contributed by atoms with Crippen LogP contribution in [0.25, 0.3) is 0 Å². The van der Waals surface area contributed by atoms with Crippen LogP contribution in [0.4, 0.5) is 0 Å². The molecule has 0 spiro atoms. The van der Waals surface area contributed by atoms with Gasteiger partial charge in [0.25, 0.3) is 0 Å². The topological polar surface area (TPSA) is 90.9 Å². The van der Waals surface area contributed by atoms with Gasteiger partial charge in [-0.3, -0.25) is 9.59 Å². The maximum absolute atomic E-state index is 12.6. The number of amides is 1. The molecule has 3 rings (SSSR count). The van der Waals surface area contributed by atoms with Crippen molar-refractivity contribution in [2.75, 3.05) is 33.9 Å². The monoisotopic (exact) mass is 355 g/mol. The highest BCUT2D eigenvalue weighted by Crippen LogP contribution is 2.42. The third kappa shape index (κ3) is 2.64. The average molecular weight is 356 g/mol. The van der Waals surface area contributed by atoms with Crippen molar-refractivity contribution in [3.05, 3.63) is 22.2 Å². The van der Waals surface area contributed by atoms with Crippen molar-refractivity contribution in [3.63, 3.8) is 0 Å². The third-order valence-electron chi connectivity index (χ3n) is 4.28. The highest BCUT2D eigenvalue weighted by atomic mass is 35.5. The molecule has 2 aliphatic heterocycles. The molecule has 2 fully saturated rings. The number of esters is 1. The van der Waals surface area contributed by atoms with Crippen molar-refractivity contribution in [1.82, 2.24) is 14.9 Å². The zero-order valence-electron chi connectivity index (χ0n) is 13.7. The number of carbonyl (C=O) groups excluding carboxylic acids is 2. The van der Waals surface area contributed by atoms with Crippen LogP contribution < -0.4 is 0 Å². The molecule has 9 heteroatoms. The van der Waals surface area contributed by atoms with Crippen LogP contribution in [0.2, 0.25) is 5.15 Å². The fourth-order valence-electron chi connectivity index (χ4n) is 3.18. The van der Waals surface area contributed by atoms with Crippen molar-refractivity contribution in [2.45, 2.75) is 25.0 Å². The van der Waals surface area contributed by atoms with E-state index in [-0.39, 0.29) is 24.0 Å². The number of methoxy groups -OCH3 is 1. The van der Waals surface area contributed by atoms with Crippen LogP contribution in [0.3, 0.4) is 0 Å². The minimum Gasteiger partial charge on any atom is -0.468 e. The largest absolute Gasteiger partial charge is 0.468 e. The Morgan fingerprint density at radius 1 is 1.38 bits per heavy atom. The molecule has 0 aliphatic carbocycles. The molecule has 24 heavy (non-hydrogen) atoms. The zero-order chi connectivity index (χ0) is 17.5. The van der Waals surface area contributed by atoms with E-state index in [1.807, 2.05) is 0 Å². The molecule has 2 saturated heterocycles. The van der Waals surface area contributed by atoms with E-state index < -0.39 is 17.7 Å². The molecule has 1 amide bonds. The highest BCUT2D eigenvalue weighted by Gasteiger charge is 2.54. The van der Waals surface area contributed by atoms with Crippen LogP contribution >= 0.6 is 11.6 Å². The lowest BCUT2D eigenvalue weighted by molar-refractivity contribution is -0.147. The first-order valence-electron chi connectivity index (χ1n) is 7.49. The van der Waals surface area contributed by atoms with Crippen molar-refractivity contribution < 1.29 is 23.8 Å². The number of hydrogen-bond donors (Lipinski definition) is 0. The second-order valence-electron chi connectivity index (χ2n) is 5.90. The van der Waals surface area contributed by atoms with Crippen LogP contribution in [-0.2, 0) is 29.2 Å². The molecular weight excluding hydrogens is 338 g/mol. The molecule has 1 atom stereocenters. The maximum atomic E-state index is 12.6. The predicted octanol–water partition coefficient (Wildman–Crippen LogP) is 0.757. The standard InChI is InChI=1S/C15H18ClN3O5/c1-8-17-11(10(12(16)18-8)13-23-4-5-24-13)15(14(21)22-3)6-9(20)19(2)7-15/h13H,4-7H2,1-3H3. The van der Waals surface area contributed by atoms with E-state index >= 15 is 0 Å². The third-order valence-corrected chi connectivity index (χ3v) is 4.57.